The highest BCUT2D eigenvalue weighted by Crippen LogP contribution is 2.34. The maximum absolute atomic E-state index is 12.9. The number of carbonyl (C=O) groups excluding carboxylic acids is 1. The van der Waals surface area contributed by atoms with Gasteiger partial charge in [0.2, 0.25) is 6.29 Å². The molecule has 0 saturated heterocycles. The highest BCUT2D eigenvalue weighted by molar-refractivity contribution is 5.91. The Morgan fingerprint density at radius 2 is 1.82 bits per heavy atom. The number of rotatable bonds is 10. The number of unbranched alkanes of at least 4 members (excludes halogenated alkanes) is 1. The smallest absolute Gasteiger partial charge is 0.416 e. The molecular formula is C25H28F3NO4. The summed E-state index contributed by atoms with van der Waals surface area (Å²) in [4.78, 5) is 12.7. The van der Waals surface area contributed by atoms with Gasteiger partial charge >= 0.3 is 6.18 Å². The molecule has 1 heterocycles. The molecule has 0 bridgehead atoms. The van der Waals surface area contributed by atoms with Gasteiger partial charge in [0.25, 0.3) is 5.91 Å². The maximum atomic E-state index is 12.9. The van der Waals surface area contributed by atoms with E-state index < -0.39 is 23.9 Å². The summed E-state index contributed by atoms with van der Waals surface area (Å²) < 4.78 is 50.2. The molecule has 8 heteroatoms. The van der Waals surface area contributed by atoms with E-state index >= 15 is 0 Å². The van der Waals surface area contributed by atoms with Crippen molar-refractivity contribution in [3.8, 4) is 0 Å². The highest BCUT2D eigenvalue weighted by atomic mass is 19.4. The van der Waals surface area contributed by atoms with Gasteiger partial charge < -0.3 is 19.9 Å². The van der Waals surface area contributed by atoms with Gasteiger partial charge in [-0.15, -0.1) is 0 Å². The van der Waals surface area contributed by atoms with Crippen molar-refractivity contribution in [2.45, 2.75) is 44.1 Å². The maximum Gasteiger partial charge on any atom is 0.416 e. The van der Waals surface area contributed by atoms with Crippen LogP contribution in [0.4, 0.5) is 13.2 Å². The predicted molar refractivity (Wildman–Crippen MR) is 117 cm³/mol. The number of nitrogens with one attached hydrogen (secondary N) is 1. The molecule has 2 aromatic rings. The third-order valence-electron chi connectivity index (χ3n) is 5.35. The van der Waals surface area contributed by atoms with E-state index in [1.54, 1.807) is 6.08 Å². The normalized spacial score (nSPS) is 18.4. The number of halogens is 3. The van der Waals surface area contributed by atoms with Crippen molar-refractivity contribution in [1.82, 2.24) is 5.32 Å². The van der Waals surface area contributed by atoms with Gasteiger partial charge in [0.15, 0.2) is 5.76 Å². The summed E-state index contributed by atoms with van der Waals surface area (Å²) in [5, 5.41) is 11.8. The molecule has 2 N–H and O–H groups in total. The van der Waals surface area contributed by atoms with E-state index in [0.717, 1.165) is 17.7 Å². The Bertz CT molecular complexity index is 913. The van der Waals surface area contributed by atoms with Crippen LogP contribution in [0.5, 0.6) is 0 Å². The largest absolute Gasteiger partial charge is 0.459 e. The number of allylic oxidation sites excluding steroid dienone is 1. The van der Waals surface area contributed by atoms with E-state index in [1.165, 1.54) is 12.1 Å². The molecule has 0 unspecified atom stereocenters. The molecule has 0 aliphatic carbocycles. The van der Waals surface area contributed by atoms with Crippen LogP contribution < -0.4 is 5.32 Å². The summed E-state index contributed by atoms with van der Waals surface area (Å²) in [7, 11) is 0. The topological polar surface area (TPSA) is 67.8 Å². The lowest BCUT2D eigenvalue weighted by Gasteiger charge is -2.29. The number of ether oxygens (including phenoxy) is 2. The average molecular weight is 463 g/mol. The van der Waals surface area contributed by atoms with E-state index in [4.69, 9.17) is 14.6 Å². The van der Waals surface area contributed by atoms with E-state index in [0.29, 0.717) is 44.4 Å². The molecule has 2 atom stereocenters. The second-order valence-corrected chi connectivity index (χ2v) is 7.83. The summed E-state index contributed by atoms with van der Waals surface area (Å²) in [5.41, 5.74) is 1.01. The van der Waals surface area contributed by atoms with Crippen LogP contribution in [0.2, 0.25) is 0 Å². The number of aliphatic hydroxyl groups is 1. The van der Waals surface area contributed by atoms with E-state index in [-0.39, 0.29) is 18.3 Å². The van der Waals surface area contributed by atoms with E-state index in [9.17, 15) is 18.0 Å². The third-order valence-corrected chi connectivity index (χ3v) is 5.35. The van der Waals surface area contributed by atoms with Crippen LogP contribution >= 0.6 is 0 Å². The SMILES string of the molecule is O=C(NCCc1ccccc1)C1=C[C@H](c2ccc(C(F)(F)F)cc2)C[C@H](OCCCCO)O1. The second kappa shape index (κ2) is 11.9. The molecular weight excluding hydrogens is 435 g/mol. The number of amides is 1. The summed E-state index contributed by atoms with van der Waals surface area (Å²) in [6, 6.07) is 14.6. The summed E-state index contributed by atoms with van der Waals surface area (Å²) in [6.07, 6.45) is -1.26. The van der Waals surface area contributed by atoms with Crippen molar-refractivity contribution in [2.24, 2.45) is 0 Å². The van der Waals surface area contributed by atoms with Gasteiger partial charge in [-0.2, -0.15) is 13.2 Å². The number of aliphatic hydroxyl groups excluding tert-OH is 1. The predicted octanol–water partition coefficient (Wildman–Crippen LogP) is 4.57. The second-order valence-electron chi connectivity index (χ2n) is 7.83. The van der Waals surface area contributed by atoms with Crippen molar-refractivity contribution in [1.29, 1.82) is 0 Å². The van der Waals surface area contributed by atoms with Gasteiger partial charge in [-0.1, -0.05) is 42.5 Å². The first-order chi connectivity index (χ1) is 15.9. The molecule has 178 valence electrons. The molecule has 0 saturated carbocycles. The molecule has 2 aromatic carbocycles. The average Bonchev–Trinajstić information content (AvgIpc) is 2.82. The lowest BCUT2D eigenvalue weighted by Crippen LogP contribution is -2.34. The Hall–Kier alpha value is -2.84. The van der Waals surface area contributed by atoms with Crippen molar-refractivity contribution in [3.05, 3.63) is 83.1 Å². The summed E-state index contributed by atoms with van der Waals surface area (Å²) in [5.74, 6) is -0.642. The number of benzene rings is 2. The number of alkyl halides is 3. The first-order valence-corrected chi connectivity index (χ1v) is 11.0. The monoisotopic (exact) mass is 463 g/mol. The number of hydrogen-bond donors (Lipinski definition) is 2. The molecule has 0 fully saturated rings. The van der Waals surface area contributed by atoms with Crippen LogP contribution in [0.15, 0.2) is 66.4 Å². The minimum atomic E-state index is -4.41. The summed E-state index contributed by atoms with van der Waals surface area (Å²) >= 11 is 0. The van der Waals surface area contributed by atoms with Gasteiger partial charge in [-0.05, 0) is 48.6 Å². The quantitative estimate of drug-likeness (QED) is 0.507. The first-order valence-electron chi connectivity index (χ1n) is 11.0. The third kappa shape index (κ3) is 7.61. The Morgan fingerprint density at radius 3 is 2.48 bits per heavy atom. The van der Waals surface area contributed by atoms with Gasteiger partial charge in [-0.25, -0.2) is 0 Å². The van der Waals surface area contributed by atoms with Crippen LogP contribution in [0, 0.1) is 0 Å². The minimum absolute atomic E-state index is 0.0536. The summed E-state index contributed by atoms with van der Waals surface area (Å²) in [6.45, 7) is 0.808. The zero-order valence-corrected chi connectivity index (χ0v) is 18.2. The molecule has 0 spiro atoms. The molecule has 33 heavy (non-hydrogen) atoms. The first kappa shape index (κ1) is 24.8. The zero-order valence-electron chi connectivity index (χ0n) is 18.2. The van der Waals surface area contributed by atoms with Gasteiger partial charge in [0.05, 0.1) is 12.2 Å². The van der Waals surface area contributed by atoms with Crippen molar-refractivity contribution >= 4 is 5.91 Å². The molecule has 0 aromatic heterocycles. The molecule has 3 rings (SSSR count). The van der Waals surface area contributed by atoms with Crippen molar-refractivity contribution in [3.63, 3.8) is 0 Å². The fourth-order valence-corrected chi connectivity index (χ4v) is 3.55. The van der Waals surface area contributed by atoms with Gasteiger partial charge in [0.1, 0.15) is 0 Å². The molecule has 5 nitrogen and oxygen atoms in total. The standard InChI is InChI=1S/C25H28F3NO4/c26-25(27,28)21-10-8-19(9-11-21)20-16-22(33-23(17-20)32-15-5-4-14-30)24(31)29-13-12-18-6-2-1-3-7-18/h1-3,6-11,16,20,23,30H,4-5,12-15,17H2,(H,29,31)/t20-,23+/m0/s1. The van der Waals surface area contributed by atoms with Crippen LogP contribution in [-0.2, 0) is 26.9 Å². The Balaban J connectivity index is 1.68. The minimum Gasteiger partial charge on any atom is -0.459 e. The molecule has 1 aliphatic heterocycles. The lowest BCUT2D eigenvalue weighted by atomic mass is 9.92. The lowest BCUT2D eigenvalue weighted by molar-refractivity contribution is -0.146. The van der Waals surface area contributed by atoms with Crippen molar-refractivity contribution in [2.75, 3.05) is 19.8 Å². The Labute approximate surface area is 191 Å². The fourth-order valence-electron chi connectivity index (χ4n) is 3.55. The van der Waals surface area contributed by atoms with Gasteiger partial charge in [0, 0.05) is 25.5 Å². The van der Waals surface area contributed by atoms with E-state index in [2.05, 4.69) is 5.32 Å². The van der Waals surface area contributed by atoms with Crippen LogP contribution in [0.1, 0.15) is 41.9 Å². The number of hydrogen-bond acceptors (Lipinski definition) is 4. The Morgan fingerprint density at radius 1 is 1.09 bits per heavy atom. The van der Waals surface area contributed by atoms with Gasteiger partial charge in [-0.3, -0.25) is 4.79 Å². The Kier molecular flexibility index (Phi) is 8.91. The van der Waals surface area contributed by atoms with Crippen LogP contribution in [0.25, 0.3) is 0 Å². The van der Waals surface area contributed by atoms with E-state index in [1.807, 2.05) is 30.3 Å². The number of carbonyl (C=O) groups is 1. The van der Waals surface area contributed by atoms with Crippen LogP contribution in [-0.4, -0.2) is 37.1 Å². The zero-order chi connectivity index (χ0) is 23.7. The molecule has 0 radical (unpaired) electrons. The fraction of sp³-hybridized carbons (Fsp3) is 0.400. The van der Waals surface area contributed by atoms with Crippen LogP contribution in [0.3, 0.4) is 0 Å². The van der Waals surface area contributed by atoms with Crippen molar-refractivity contribution < 1.29 is 32.5 Å². The molecule has 1 amide bonds. The highest BCUT2D eigenvalue weighted by Gasteiger charge is 2.32. The molecule has 1 aliphatic rings.